The Morgan fingerprint density at radius 2 is 2.10 bits per heavy atom. The molecular formula is C16H19N5. The number of rotatable bonds is 1. The molecular weight excluding hydrogens is 262 g/mol. The zero-order valence-electron chi connectivity index (χ0n) is 12.4. The Kier molecular flexibility index (Phi) is 2.96. The monoisotopic (exact) mass is 281 g/mol. The van der Waals surface area contributed by atoms with Crippen molar-refractivity contribution >= 4 is 0 Å². The quantitative estimate of drug-likeness (QED) is 0.868. The molecule has 0 aromatic carbocycles. The second-order valence-corrected chi connectivity index (χ2v) is 6.17. The first-order valence-corrected chi connectivity index (χ1v) is 7.62. The number of hydrogen-bond donors (Lipinski definition) is 1. The molecule has 0 spiro atoms. The highest BCUT2D eigenvalue weighted by Gasteiger charge is 2.37. The summed E-state index contributed by atoms with van der Waals surface area (Å²) in [6.07, 6.45) is 8.70. The molecule has 5 nitrogen and oxygen atoms in total. The van der Waals surface area contributed by atoms with Crippen molar-refractivity contribution in [2.75, 3.05) is 0 Å². The summed E-state index contributed by atoms with van der Waals surface area (Å²) in [6.45, 7) is 4.27. The maximum Gasteiger partial charge on any atom is 0.126 e. The van der Waals surface area contributed by atoms with E-state index in [2.05, 4.69) is 27.2 Å². The maximum atomic E-state index is 4.75. The van der Waals surface area contributed by atoms with Gasteiger partial charge < -0.3 is 5.32 Å². The standard InChI is InChI=1S/C16H19N5/c1-9-3-4-11-7-12-15(13-8-17-5-6-18-13)19-10(2)20-16(12)14(9)21-11/h5-6,8-9,11,14,21H,3-4,7H2,1-2H3/t9-,11+,14-/m1/s1. The van der Waals surface area contributed by atoms with Crippen LogP contribution in [0, 0.1) is 12.8 Å². The van der Waals surface area contributed by atoms with Gasteiger partial charge in [0.25, 0.3) is 0 Å². The highest BCUT2D eigenvalue weighted by Crippen LogP contribution is 2.39. The number of hydrogen-bond acceptors (Lipinski definition) is 5. The zero-order valence-corrected chi connectivity index (χ0v) is 12.4. The molecule has 4 rings (SSSR count). The van der Waals surface area contributed by atoms with Gasteiger partial charge in [-0.25, -0.2) is 9.97 Å². The average Bonchev–Trinajstić information content (AvgIpc) is 2.52. The summed E-state index contributed by atoms with van der Waals surface area (Å²) in [5.74, 6) is 1.43. The van der Waals surface area contributed by atoms with Crippen LogP contribution < -0.4 is 5.32 Å². The number of nitrogens with one attached hydrogen (secondary N) is 1. The van der Waals surface area contributed by atoms with Crippen LogP contribution in [0.4, 0.5) is 0 Å². The molecule has 1 fully saturated rings. The molecule has 4 heterocycles. The molecule has 2 aliphatic rings. The molecule has 2 aromatic heterocycles. The van der Waals surface area contributed by atoms with Crippen molar-refractivity contribution in [3.63, 3.8) is 0 Å². The van der Waals surface area contributed by atoms with Crippen LogP contribution >= 0.6 is 0 Å². The van der Waals surface area contributed by atoms with E-state index in [0.717, 1.165) is 23.6 Å². The molecule has 0 unspecified atom stereocenters. The van der Waals surface area contributed by atoms with Crippen molar-refractivity contribution in [3.8, 4) is 11.4 Å². The van der Waals surface area contributed by atoms with Crippen LogP contribution in [0.25, 0.3) is 11.4 Å². The Labute approximate surface area is 124 Å². The molecule has 21 heavy (non-hydrogen) atoms. The maximum absolute atomic E-state index is 4.75. The SMILES string of the molecule is Cc1nc(-c2cnccn2)c2c(n1)[C@@H]1N[C@@H](CC[C@H]1C)C2. The van der Waals surface area contributed by atoms with Crippen LogP contribution in [0.2, 0.25) is 0 Å². The average molecular weight is 281 g/mol. The van der Waals surface area contributed by atoms with Gasteiger partial charge in [0.15, 0.2) is 0 Å². The van der Waals surface area contributed by atoms with Gasteiger partial charge in [-0.3, -0.25) is 9.97 Å². The Morgan fingerprint density at radius 3 is 2.90 bits per heavy atom. The van der Waals surface area contributed by atoms with Crippen molar-refractivity contribution < 1.29 is 0 Å². The van der Waals surface area contributed by atoms with Gasteiger partial charge in [-0.05, 0) is 32.1 Å². The van der Waals surface area contributed by atoms with Crippen LogP contribution in [0.1, 0.15) is 42.9 Å². The third-order valence-corrected chi connectivity index (χ3v) is 4.66. The Balaban J connectivity index is 1.91. The second-order valence-electron chi connectivity index (χ2n) is 6.17. The van der Waals surface area contributed by atoms with E-state index in [9.17, 15) is 0 Å². The normalized spacial score (nSPS) is 27.2. The molecule has 108 valence electrons. The molecule has 0 radical (unpaired) electrons. The van der Waals surface area contributed by atoms with Crippen LogP contribution in [-0.4, -0.2) is 26.0 Å². The lowest BCUT2D eigenvalue weighted by molar-refractivity contribution is 0.224. The van der Waals surface area contributed by atoms with Gasteiger partial charge in [0.2, 0.25) is 0 Å². The lowest BCUT2D eigenvalue weighted by Crippen LogP contribution is -2.47. The summed E-state index contributed by atoms with van der Waals surface area (Å²) in [6, 6.07) is 0.894. The van der Waals surface area contributed by atoms with Gasteiger partial charge in [0.05, 0.1) is 23.6 Å². The predicted octanol–water partition coefficient (Wildman–Crippen LogP) is 2.23. The third-order valence-electron chi connectivity index (χ3n) is 4.66. The molecule has 0 saturated carbocycles. The van der Waals surface area contributed by atoms with Gasteiger partial charge in [-0.15, -0.1) is 0 Å². The molecule has 1 N–H and O–H groups in total. The third kappa shape index (κ3) is 2.12. The van der Waals surface area contributed by atoms with Crippen LogP contribution in [0.15, 0.2) is 18.6 Å². The lowest BCUT2D eigenvalue weighted by Gasteiger charge is -2.41. The number of fused-ring (bicyclic) bond motifs is 4. The first-order chi connectivity index (χ1) is 10.2. The van der Waals surface area contributed by atoms with E-state index < -0.39 is 0 Å². The zero-order chi connectivity index (χ0) is 14.4. The fourth-order valence-corrected chi connectivity index (χ4v) is 3.60. The summed E-state index contributed by atoms with van der Waals surface area (Å²) in [4.78, 5) is 18.0. The van der Waals surface area contributed by atoms with E-state index in [1.165, 1.54) is 24.1 Å². The Hall–Kier alpha value is -1.88. The topological polar surface area (TPSA) is 63.6 Å². The molecule has 2 bridgehead atoms. The molecule has 2 aromatic rings. The summed E-state index contributed by atoms with van der Waals surface area (Å²) in [5.41, 5.74) is 4.26. The van der Waals surface area contributed by atoms with E-state index in [0.29, 0.717) is 18.0 Å². The van der Waals surface area contributed by atoms with E-state index in [1.54, 1.807) is 18.6 Å². The Morgan fingerprint density at radius 1 is 1.19 bits per heavy atom. The molecule has 1 saturated heterocycles. The first kappa shape index (κ1) is 12.8. The van der Waals surface area contributed by atoms with Crippen LogP contribution in [0.3, 0.4) is 0 Å². The van der Waals surface area contributed by atoms with Gasteiger partial charge in [-0.2, -0.15) is 0 Å². The number of aryl methyl sites for hydroxylation is 1. The predicted molar refractivity (Wildman–Crippen MR) is 79.6 cm³/mol. The van der Waals surface area contributed by atoms with E-state index >= 15 is 0 Å². The fourth-order valence-electron chi connectivity index (χ4n) is 3.60. The summed E-state index contributed by atoms with van der Waals surface area (Å²) < 4.78 is 0. The highest BCUT2D eigenvalue weighted by atomic mass is 15.0. The van der Waals surface area contributed by atoms with E-state index in [4.69, 9.17) is 4.98 Å². The van der Waals surface area contributed by atoms with Crippen LogP contribution in [0.5, 0.6) is 0 Å². The van der Waals surface area contributed by atoms with Crippen molar-refractivity contribution in [1.29, 1.82) is 0 Å². The van der Waals surface area contributed by atoms with Gasteiger partial charge in [0.1, 0.15) is 11.5 Å². The highest BCUT2D eigenvalue weighted by molar-refractivity contribution is 5.60. The van der Waals surface area contributed by atoms with E-state index in [-0.39, 0.29) is 0 Å². The van der Waals surface area contributed by atoms with Crippen molar-refractivity contribution in [1.82, 2.24) is 25.3 Å². The minimum Gasteiger partial charge on any atom is -0.305 e. The van der Waals surface area contributed by atoms with Gasteiger partial charge >= 0.3 is 0 Å². The number of nitrogens with zero attached hydrogens (tertiary/aromatic N) is 4. The van der Waals surface area contributed by atoms with Crippen LogP contribution in [-0.2, 0) is 6.42 Å². The fraction of sp³-hybridized carbons (Fsp3) is 0.500. The smallest absolute Gasteiger partial charge is 0.126 e. The Bertz CT molecular complexity index is 670. The van der Waals surface area contributed by atoms with Crippen molar-refractivity contribution in [2.24, 2.45) is 5.92 Å². The molecule has 3 atom stereocenters. The lowest BCUT2D eigenvalue weighted by atomic mass is 9.78. The van der Waals surface area contributed by atoms with Crippen molar-refractivity contribution in [3.05, 3.63) is 35.7 Å². The van der Waals surface area contributed by atoms with Gasteiger partial charge in [-0.1, -0.05) is 6.92 Å². The number of piperidine rings is 1. The summed E-state index contributed by atoms with van der Waals surface area (Å²) >= 11 is 0. The molecule has 2 aliphatic heterocycles. The molecule has 0 amide bonds. The minimum absolute atomic E-state index is 0.352. The first-order valence-electron chi connectivity index (χ1n) is 7.62. The van der Waals surface area contributed by atoms with E-state index in [1.807, 2.05) is 6.92 Å². The molecule has 5 heteroatoms. The second kappa shape index (κ2) is 4.84. The minimum atomic E-state index is 0.352. The largest absolute Gasteiger partial charge is 0.305 e. The summed E-state index contributed by atoms with van der Waals surface area (Å²) in [5, 5.41) is 3.74. The summed E-state index contributed by atoms with van der Waals surface area (Å²) in [7, 11) is 0. The van der Waals surface area contributed by atoms with Gasteiger partial charge in [0, 0.05) is 24.0 Å². The number of aromatic nitrogens is 4. The molecule has 0 aliphatic carbocycles. The van der Waals surface area contributed by atoms with Crippen molar-refractivity contribution in [2.45, 2.75) is 45.2 Å².